The molecule has 2 aromatic rings. The Bertz CT molecular complexity index is 689. The van der Waals surface area contributed by atoms with Crippen LogP contribution in [0.15, 0.2) is 36.5 Å². The van der Waals surface area contributed by atoms with Crippen molar-refractivity contribution in [2.75, 3.05) is 32.7 Å². The summed E-state index contributed by atoms with van der Waals surface area (Å²) in [5.74, 6) is 1.18. The molecule has 1 aliphatic heterocycles. The van der Waals surface area contributed by atoms with E-state index < -0.39 is 0 Å². The van der Waals surface area contributed by atoms with Gasteiger partial charge in [-0.3, -0.25) is 4.79 Å². The van der Waals surface area contributed by atoms with E-state index in [2.05, 4.69) is 32.6 Å². The number of rotatable bonds is 4. The normalized spacial score (nSPS) is 19.9. The number of nitrogens with zero attached hydrogens (tertiary/aromatic N) is 3. The van der Waals surface area contributed by atoms with E-state index in [0.29, 0.717) is 6.54 Å². The summed E-state index contributed by atoms with van der Waals surface area (Å²) in [5.41, 5.74) is 1.14. The van der Waals surface area contributed by atoms with Crippen LogP contribution in [0.5, 0.6) is 0 Å². The third-order valence-electron chi connectivity index (χ3n) is 5.14. The van der Waals surface area contributed by atoms with Gasteiger partial charge in [0.05, 0.1) is 0 Å². The quantitative estimate of drug-likeness (QED) is 0.868. The van der Waals surface area contributed by atoms with Crippen LogP contribution in [0.3, 0.4) is 0 Å². The van der Waals surface area contributed by atoms with Crippen molar-refractivity contribution in [3.05, 3.63) is 36.5 Å². The van der Waals surface area contributed by atoms with Crippen molar-refractivity contribution in [3.63, 3.8) is 0 Å². The molecule has 4 nitrogen and oxygen atoms in total. The average molecular weight is 311 g/mol. The first kappa shape index (κ1) is 14.8. The SMILES string of the molecule is O=C(Cn1ccc2ccccc21)N1CCCN(CC2CC2)CC1. The fraction of sp³-hybridized carbons (Fsp3) is 0.526. The number of fused-ring (bicyclic) bond motifs is 1. The lowest BCUT2D eigenvalue weighted by Gasteiger charge is -2.22. The van der Waals surface area contributed by atoms with Gasteiger partial charge in [-0.2, -0.15) is 0 Å². The Balaban J connectivity index is 1.38. The van der Waals surface area contributed by atoms with Crippen LogP contribution < -0.4 is 0 Å². The highest BCUT2D eigenvalue weighted by Gasteiger charge is 2.26. The molecule has 0 atom stereocenters. The smallest absolute Gasteiger partial charge is 0.242 e. The molecule has 122 valence electrons. The third kappa shape index (κ3) is 3.42. The number of hydrogen-bond acceptors (Lipinski definition) is 2. The van der Waals surface area contributed by atoms with Gasteiger partial charge in [-0.05, 0) is 49.2 Å². The van der Waals surface area contributed by atoms with Gasteiger partial charge in [-0.1, -0.05) is 18.2 Å². The first-order valence-corrected chi connectivity index (χ1v) is 8.83. The maximum absolute atomic E-state index is 12.7. The number of hydrogen-bond donors (Lipinski definition) is 0. The highest BCUT2D eigenvalue weighted by molar-refractivity contribution is 5.83. The molecule has 1 aromatic carbocycles. The van der Waals surface area contributed by atoms with Gasteiger partial charge in [0.15, 0.2) is 0 Å². The van der Waals surface area contributed by atoms with Crippen molar-refractivity contribution < 1.29 is 4.79 Å². The highest BCUT2D eigenvalue weighted by Crippen LogP contribution is 2.29. The highest BCUT2D eigenvalue weighted by atomic mass is 16.2. The number of benzene rings is 1. The van der Waals surface area contributed by atoms with E-state index in [9.17, 15) is 4.79 Å². The second-order valence-corrected chi connectivity index (χ2v) is 6.98. The van der Waals surface area contributed by atoms with Gasteiger partial charge in [0.1, 0.15) is 6.54 Å². The minimum absolute atomic E-state index is 0.250. The second-order valence-electron chi connectivity index (χ2n) is 6.98. The topological polar surface area (TPSA) is 28.5 Å². The Morgan fingerprint density at radius 3 is 2.78 bits per heavy atom. The summed E-state index contributed by atoms with van der Waals surface area (Å²) in [4.78, 5) is 17.3. The summed E-state index contributed by atoms with van der Waals surface area (Å²) in [5, 5.41) is 1.20. The average Bonchev–Trinajstić information content (AvgIpc) is 3.34. The zero-order valence-electron chi connectivity index (χ0n) is 13.7. The van der Waals surface area contributed by atoms with Crippen molar-refractivity contribution in [1.29, 1.82) is 0 Å². The van der Waals surface area contributed by atoms with Crippen LogP contribution in [0.2, 0.25) is 0 Å². The number of carbonyl (C=O) groups excluding carboxylic acids is 1. The first-order valence-electron chi connectivity index (χ1n) is 8.83. The van der Waals surface area contributed by atoms with Crippen molar-refractivity contribution >= 4 is 16.8 Å². The van der Waals surface area contributed by atoms with Gasteiger partial charge in [0.25, 0.3) is 0 Å². The predicted molar refractivity (Wildman–Crippen MR) is 92.3 cm³/mol. The molecule has 0 spiro atoms. The van der Waals surface area contributed by atoms with Crippen LogP contribution >= 0.6 is 0 Å². The minimum Gasteiger partial charge on any atom is -0.340 e. The lowest BCUT2D eigenvalue weighted by molar-refractivity contribution is -0.131. The van der Waals surface area contributed by atoms with Crippen LogP contribution in [-0.2, 0) is 11.3 Å². The van der Waals surface area contributed by atoms with Gasteiger partial charge in [-0.25, -0.2) is 0 Å². The zero-order chi connectivity index (χ0) is 15.6. The molecule has 0 radical (unpaired) electrons. The summed E-state index contributed by atoms with van der Waals surface area (Å²) in [6, 6.07) is 10.3. The molecule has 4 rings (SSSR count). The Hall–Kier alpha value is -1.81. The number of para-hydroxylation sites is 1. The summed E-state index contributed by atoms with van der Waals surface area (Å²) < 4.78 is 2.07. The molecular formula is C19H25N3O. The largest absolute Gasteiger partial charge is 0.340 e. The van der Waals surface area contributed by atoms with Crippen LogP contribution in [0.1, 0.15) is 19.3 Å². The Labute approximate surface area is 137 Å². The summed E-state index contributed by atoms with van der Waals surface area (Å²) >= 11 is 0. The standard InChI is InChI=1S/C19H25N3O/c23-19(15-22-11-8-17-4-1-2-5-18(17)22)21-10-3-9-20(12-13-21)14-16-6-7-16/h1-2,4-5,8,11,16H,3,6-7,9-10,12-15H2. The van der Waals surface area contributed by atoms with E-state index in [4.69, 9.17) is 0 Å². The van der Waals surface area contributed by atoms with E-state index in [-0.39, 0.29) is 5.91 Å². The summed E-state index contributed by atoms with van der Waals surface area (Å²) in [6.07, 6.45) is 5.93. The van der Waals surface area contributed by atoms with Gasteiger partial charge in [0.2, 0.25) is 5.91 Å². The molecule has 4 heteroatoms. The molecule has 1 aliphatic carbocycles. The van der Waals surface area contributed by atoms with E-state index >= 15 is 0 Å². The van der Waals surface area contributed by atoms with Crippen LogP contribution in [0, 0.1) is 5.92 Å². The predicted octanol–water partition coefficient (Wildman–Crippen LogP) is 2.59. The molecule has 2 fully saturated rings. The summed E-state index contributed by atoms with van der Waals surface area (Å²) in [6.45, 7) is 5.66. The van der Waals surface area contributed by atoms with Crippen molar-refractivity contribution in [3.8, 4) is 0 Å². The number of amides is 1. The Morgan fingerprint density at radius 2 is 1.91 bits per heavy atom. The molecule has 1 amide bonds. The van der Waals surface area contributed by atoms with Crippen LogP contribution in [0.4, 0.5) is 0 Å². The minimum atomic E-state index is 0.250. The zero-order valence-corrected chi connectivity index (χ0v) is 13.7. The lowest BCUT2D eigenvalue weighted by atomic mass is 10.2. The number of carbonyl (C=O) groups is 1. The first-order chi connectivity index (χ1) is 11.3. The molecule has 2 heterocycles. The van der Waals surface area contributed by atoms with Gasteiger partial charge in [0, 0.05) is 37.9 Å². The molecule has 0 N–H and O–H groups in total. The van der Waals surface area contributed by atoms with Crippen LogP contribution in [0.25, 0.3) is 10.9 Å². The van der Waals surface area contributed by atoms with Crippen molar-refractivity contribution in [2.24, 2.45) is 5.92 Å². The van der Waals surface area contributed by atoms with Crippen molar-refractivity contribution in [2.45, 2.75) is 25.8 Å². The molecular weight excluding hydrogens is 286 g/mol. The molecule has 2 aliphatic rings. The molecule has 0 bridgehead atoms. The van der Waals surface area contributed by atoms with E-state index in [1.54, 1.807) is 0 Å². The van der Waals surface area contributed by atoms with Gasteiger partial charge in [-0.15, -0.1) is 0 Å². The summed E-state index contributed by atoms with van der Waals surface area (Å²) in [7, 11) is 0. The molecule has 1 saturated carbocycles. The molecule has 23 heavy (non-hydrogen) atoms. The maximum atomic E-state index is 12.7. The van der Waals surface area contributed by atoms with Crippen molar-refractivity contribution in [1.82, 2.24) is 14.4 Å². The van der Waals surface area contributed by atoms with E-state index in [1.807, 2.05) is 18.3 Å². The lowest BCUT2D eigenvalue weighted by Crippen LogP contribution is -2.37. The van der Waals surface area contributed by atoms with E-state index in [0.717, 1.165) is 44.0 Å². The second kappa shape index (κ2) is 6.36. The van der Waals surface area contributed by atoms with Gasteiger partial charge >= 0.3 is 0 Å². The van der Waals surface area contributed by atoms with E-state index in [1.165, 1.54) is 24.8 Å². The fourth-order valence-corrected chi connectivity index (χ4v) is 3.59. The Morgan fingerprint density at radius 1 is 1.04 bits per heavy atom. The molecule has 1 aromatic heterocycles. The fourth-order valence-electron chi connectivity index (χ4n) is 3.59. The monoisotopic (exact) mass is 311 g/mol. The third-order valence-corrected chi connectivity index (χ3v) is 5.14. The van der Waals surface area contributed by atoms with Crippen LogP contribution in [-0.4, -0.2) is 53.0 Å². The van der Waals surface area contributed by atoms with Gasteiger partial charge < -0.3 is 14.4 Å². The molecule has 1 saturated heterocycles. The Kier molecular flexibility index (Phi) is 4.08. The number of aromatic nitrogens is 1. The molecule has 0 unspecified atom stereocenters. The maximum Gasteiger partial charge on any atom is 0.242 e.